The van der Waals surface area contributed by atoms with E-state index in [0.29, 0.717) is 36.0 Å². The maximum absolute atomic E-state index is 13.5. The Morgan fingerprint density at radius 1 is 0.554 bits per heavy atom. The van der Waals surface area contributed by atoms with Crippen molar-refractivity contribution in [1.82, 2.24) is 0 Å². The van der Waals surface area contributed by atoms with Gasteiger partial charge in [0.25, 0.3) is 23.6 Å². The quantitative estimate of drug-likeness (QED) is 0.0336. The number of hydrogen-bond donors (Lipinski definition) is 4. The van der Waals surface area contributed by atoms with E-state index in [1.54, 1.807) is 24.3 Å². The fraction of sp³-hybridized carbons (Fsp3) is 0.200. The molecule has 0 spiro atoms. The Morgan fingerprint density at radius 3 is 1.46 bits per heavy atom. The molecule has 0 saturated heterocycles. The molecule has 4 N–H and O–H groups in total. The molecular formula is C45H39Cl5N8O7. The molecule has 65 heavy (non-hydrogen) atoms. The van der Waals surface area contributed by atoms with E-state index < -0.39 is 47.3 Å². The summed E-state index contributed by atoms with van der Waals surface area (Å²) in [5, 5.41) is 26.6. The van der Waals surface area contributed by atoms with Gasteiger partial charge < -0.3 is 26.0 Å². The predicted octanol–water partition coefficient (Wildman–Crippen LogP) is 11.0. The minimum Gasteiger partial charge on any atom is -0.476 e. The first kappa shape index (κ1) is 49.8. The van der Waals surface area contributed by atoms with Crippen LogP contribution < -0.4 is 26.0 Å². The molecule has 15 nitrogen and oxygen atoms in total. The monoisotopic (exact) mass is 978 g/mol. The molecule has 5 aromatic carbocycles. The van der Waals surface area contributed by atoms with E-state index in [1.165, 1.54) is 54.6 Å². The van der Waals surface area contributed by atoms with Crippen molar-refractivity contribution in [3.8, 4) is 5.75 Å². The summed E-state index contributed by atoms with van der Waals surface area (Å²) in [5.74, 6) is -3.53. The van der Waals surface area contributed by atoms with Crippen molar-refractivity contribution in [3.63, 3.8) is 0 Å². The number of Topliss-reactive ketones (excluding diaryl/α,β-unsaturated/α-hetero) is 2. The number of ether oxygens (including phenoxy) is 1. The lowest BCUT2D eigenvalue weighted by molar-refractivity contribution is -0.127. The summed E-state index contributed by atoms with van der Waals surface area (Å²) in [4.78, 5) is 78.6. The number of nitrogens with zero attached hydrogens (tertiary/aromatic N) is 4. The first-order valence-corrected chi connectivity index (χ1v) is 21.9. The topological polar surface area (TPSA) is 209 Å². The lowest BCUT2D eigenvalue weighted by Gasteiger charge is -2.16. The number of ketones is 2. The van der Waals surface area contributed by atoms with Crippen LogP contribution in [0.4, 0.5) is 34.1 Å². The summed E-state index contributed by atoms with van der Waals surface area (Å²) >= 11 is 30.8. The summed E-state index contributed by atoms with van der Waals surface area (Å²) in [6.07, 6.45) is 1.05. The molecule has 0 heterocycles. The second kappa shape index (κ2) is 24.2. The largest absolute Gasteiger partial charge is 0.476 e. The number of azo groups is 2. The van der Waals surface area contributed by atoms with Gasteiger partial charge >= 0.3 is 0 Å². The molecule has 0 aliphatic carbocycles. The van der Waals surface area contributed by atoms with Gasteiger partial charge in [0.15, 0.2) is 17.6 Å². The molecule has 4 amide bonds. The van der Waals surface area contributed by atoms with Crippen molar-refractivity contribution in [3.05, 3.63) is 135 Å². The first-order valence-electron chi connectivity index (χ1n) is 19.5. The van der Waals surface area contributed by atoms with Crippen LogP contribution in [0, 0.1) is 0 Å². The normalized spacial score (nSPS) is 12.0. The maximum Gasteiger partial charge on any atom is 0.258 e. The minimum absolute atomic E-state index is 0.0158. The zero-order chi connectivity index (χ0) is 47.0. The Labute approximate surface area is 398 Å². The van der Waals surface area contributed by atoms with E-state index in [9.17, 15) is 28.8 Å². The van der Waals surface area contributed by atoms with E-state index in [0.717, 1.165) is 25.0 Å². The third-order valence-corrected chi connectivity index (χ3v) is 10.5. The van der Waals surface area contributed by atoms with Crippen LogP contribution in [0.3, 0.4) is 0 Å². The fourth-order valence-corrected chi connectivity index (χ4v) is 7.04. The number of hydrogen-bond acceptors (Lipinski definition) is 11. The van der Waals surface area contributed by atoms with E-state index in [2.05, 4.69) is 41.7 Å². The highest BCUT2D eigenvalue weighted by atomic mass is 35.5. The Kier molecular flexibility index (Phi) is 18.5. The van der Waals surface area contributed by atoms with Crippen LogP contribution in [-0.2, 0) is 32.0 Å². The number of para-hydroxylation sites is 2. The van der Waals surface area contributed by atoms with Crippen molar-refractivity contribution < 1.29 is 33.5 Å². The van der Waals surface area contributed by atoms with Crippen LogP contribution in [0.15, 0.2) is 124 Å². The van der Waals surface area contributed by atoms with Gasteiger partial charge in [0.2, 0.25) is 12.1 Å². The molecular weight excluding hydrogens is 942 g/mol. The number of amides is 4. The van der Waals surface area contributed by atoms with Crippen LogP contribution in [0.5, 0.6) is 5.75 Å². The lowest BCUT2D eigenvalue weighted by Crippen LogP contribution is -2.32. The number of aryl methyl sites for hydroxylation is 2. The van der Waals surface area contributed by atoms with Gasteiger partial charge in [-0.05, 0) is 86.3 Å². The van der Waals surface area contributed by atoms with E-state index in [1.807, 2.05) is 24.3 Å². The molecule has 0 fully saturated rings. The van der Waals surface area contributed by atoms with Crippen molar-refractivity contribution in [2.24, 2.45) is 20.5 Å². The average Bonchev–Trinajstić information content (AvgIpc) is 3.27. The van der Waals surface area contributed by atoms with Crippen molar-refractivity contribution >= 4 is 127 Å². The van der Waals surface area contributed by atoms with Gasteiger partial charge in [-0.1, -0.05) is 83.3 Å². The van der Waals surface area contributed by atoms with Crippen LogP contribution in [0.1, 0.15) is 45.7 Å². The molecule has 2 atom stereocenters. The van der Waals surface area contributed by atoms with Crippen LogP contribution >= 0.6 is 58.0 Å². The number of halogens is 5. The number of carbonyl (C=O) groups excluding carboxylic acids is 6. The number of nitrogens with one attached hydrogen (secondary N) is 4. The van der Waals surface area contributed by atoms with Gasteiger partial charge in [-0.2, -0.15) is 20.5 Å². The molecule has 5 aromatic rings. The highest BCUT2D eigenvalue weighted by Gasteiger charge is 2.27. The predicted molar refractivity (Wildman–Crippen MR) is 254 cm³/mol. The summed E-state index contributed by atoms with van der Waals surface area (Å²) < 4.78 is 5.49. The van der Waals surface area contributed by atoms with E-state index in [-0.39, 0.29) is 55.7 Å². The molecule has 5 rings (SSSR count). The van der Waals surface area contributed by atoms with Crippen LogP contribution in [0.25, 0.3) is 0 Å². The third-order valence-electron chi connectivity index (χ3n) is 9.25. The molecule has 0 bridgehead atoms. The highest BCUT2D eigenvalue weighted by Crippen LogP contribution is 2.33. The molecule has 2 unspecified atom stereocenters. The van der Waals surface area contributed by atoms with Crippen molar-refractivity contribution in [1.29, 1.82) is 0 Å². The Bertz CT molecular complexity index is 2660. The number of alkyl halides is 3. The second-order valence-corrected chi connectivity index (χ2v) is 15.5. The summed E-state index contributed by atoms with van der Waals surface area (Å²) in [6.45, 7) is 2.28. The van der Waals surface area contributed by atoms with Gasteiger partial charge in [-0.25, -0.2) is 0 Å². The SMILES string of the molecule is CC(=O)C(N=Nc1cccc(C(=O)Nc2ccccc2CCCl)c1Cl)C(=O)Nc1ccc(NC(=O)C(N=Nc2cccc(C(=O)Nc3ccccc3CCCl)c2Cl)C(C)=O)c(OCCl)c1. The Morgan fingerprint density at radius 2 is 1.02 bits per heavy atom. The summed E-state index contributed by atoms with van der Waals surface area (Å²) in [7, 11) is 0. The van der Waals surface area contributed by atoms with Gasteiger partial charge in [0.05, 0.1) is 26.9 Å². The van der Waals surface area contributed by atoms with E-state index >= 15 is 0 Å². The molecule has 0 aromatic heterocycles. The average molecular weight is 981 g/mol. The standard InChI is InChI=1S/C45H39Cl5N8O7/c1-25(59)40(57-55-35-15-7-11-30(38(35)49)42(61)52-32-13-5-3-9-27(32)19-21-46)44(63)51-29-17-18-34(37(23-29)65-24-48)54-45(64)41(26(2)60)58-56-36-16-8-12-31(39(36)50)43(62)53-33-14-6-4-10-28(33)20-22-47/h3-18,23,40-41H,19-22,24H2,1-2H3,(H,51,63)(H,52,61)(H,53,62)(H,54,64). The lowest BCUT2D eigenvalue weighted by atomic mass is 10.1. The first-order chi connectivity index (χ1) is 31.3. The number of rotatable bonds is 20. The zero-order valence-electron chi connectivity index (χ0n) is 34.5. The molecule has 0 saturated carbocycles. The van der Waals surface area contributed by atoms with Crippen molar-refractivity contribution in [2.75, 3.05) is 39.1 Å². The van der Waals surface area contributed by atoms with Crippen molar-refractivity contribution in [2.45, 2.75) is 38.8 Å². The fourth-order valence-electron chi connectivity index (χ4n) is 6.02. The van der Waals surface area contributed by atoms with Crippen LogP contribution in [-0.4, -0.2) is 65.1 Å². The molecule has 0 aliphatic heterocycles. The smallest absolute Gasteiger partial charge is 0.258 e. The minimum atomic E-state index is -1.67. The van der Waals surface area contributed by atoms with Gasteiger partial charge in [-0.3, -0.25) is 28.8 Å². The molecule has 20 heteroatoms. The summed E-state index contributed by atoms with van der Waals surface area (Å²) in [6, 6.07) is 23.6. The zero-order valence-corrected chi connectivity index (χ0v) is 38.3. The van der Waals surface area contributed by atoms with E-state index in [4.69, 9.17) is 62.7 Å². The van der Waals surface area contributed by atoms with Gasteiger partial charge in [0.1, 0.15) is 17.1 Å². The Hall–Kier alpha value is -6.23. The maximum atomic E-state index is 13.5. The number of benzene rings is 5. The Balaban J connectivity index is 1.28. The number of anilines is 4. The number of carbonyl (C=O) groups is 6. The third kappa shape index (κ3) is 13.4. The molecule has 336 valence electrons. The van der Waals surface area contributed by atoms with Crippen LogP contribution in [0.2, 0.25) is 10.0 Å². The second-order valence-electron chi connectivity index (χ2n) is 13.8. The van der Waals surface area contributed by atoms with Gasteiger partial charge in [-0.15, -0.1) is 23.2 Å². The van der Waals surface area contributed by atoms with Gasteiger partial charge in [0, 0.05) is 34.9 Å². The molecule has 0 aliphatic rings. The highest BCUT2D eigenvalue weighted by molar-refractivity contribution is 6.37. The summed E-state index contributed by atoms with van der Waals surface area (Å²) in [5.41, 5.74) is 3.08. The molecule has 0 radical (unpaired) electrons.